The Morgan fingerprint density at radius 3 is 2.14 bits per heavy atom. The molecule has 0 heterocycles. The first-order valence-electron chi connectivity index (χ1n) is 12.1. The average molecular weight is 401 g/mol. The summed E-state index contributed by atoms with van der Waals surface area (Å²) >= 11 is 0. The van der Waals surface area contributed by atoms with E-state index in [1.165, 1.54) is 82.6 Å². The predicted molar refractivity (Wildman–Crippen MR) is 118 cm³/mol. The molecule has 162 valence electrons. The number of rotatable bonds is 9. The molecule has 29 heavy (non-hydrogen) atoms. The van der Waals surface area contributed by atoms with Crippen LogP contribution in [0.5, 0.6) is 5.75 Å². The summed E-state index contributed by atoms with van der Waals surface area (Å²) in [5.41, 5.74) is 1.38. The Bertz CT molecular complexity index is 593. The second-order valence-corrected chi connectivity index (χ2v) is 9.41. The maximum Gasteiger partial charge on any atom is 0.313 e. The van der Waals surface area contributed by atoms with Crippen LogP contribution < -0.4 is 4.74 Å². The summed E-state index contributed by atoms with van der Waals surface area (Å²) in [4.78, 5) is 11.5. The van der Waals surface area contributed by atoms with Crippen molar-refractivity contribution in [3.63, 3.8) is 0 Å². The second-order valence-electron chi connectivity index (χ2n) is 9.41. The molecule has 0 aliphatic heterocycles. The first-order valence-corrected chi connectivity index (χ1v) is 12.1. The number of aliphatic hydroxyl groups is 1. The van der Waals surface area contributed by atoms with Gasteiger partial charge in [0.25, 0.3) is 0 Å². The minimum absolute atomic E-state index is 0.0480. The largest absolute Gasteiger partial charge is 0.426 e. The summed E-state index contributed by atoms with van der Waals surface area (Å²) in [5, 5.41) is 8.80. The number of unbranched alkanes of at least 4 members (excludes halogenated alkanes) is 2. The van der Waals surface area contributed by atoms with Crippen molar-refractivity contribution in [1.29, 1.82) is 0 Å². The number of carbonyl (C=O) groups excluding carboxylic acids is 1. The van der Waals surface area contributed by atoms with E-state index in [1.54, 1.807) is 0 Å². The van der Waals surface area contributed by atoms with Gasteiger partial charge in [-0.05, 0) is 79.9 Å². The number of ether oxygens (including phenoxy) is 1. The third kappa shape index (κ3) is 6.84. The maximum atomic E-state index is 11.5. The van der Waals surface area contributed by atoms with Gasteiger partial charge >= 0.3 is 5.97 Å². The van der Waals surface area contributed by atoms with Crippen molar-refractivity contribution in [2.24, 2.45) is 17.8 Å². The van der Waals surface area contributed by atoms with Crippen molar-refractivity contribution in [2.45, 2.75) is 96.3 Å². The Morgan fingerprint density at radius 1 is 0.931 bits per heavy atom. The number of esters is 1. The average Bonchev–Trinajstić information content (AvgIpc) is 2.75. The predicted octanol–water partition coefficient (Wildman–Crippen LogP) is 6.63. The number of carbonyl (C=O) groups is 1. The quantitative estimate of drug-likeness (QED) is 0.287. The topological polar surface area (TPSA) is 46.5 Å². The molecule has 1 aromatic rings. The van der Waals surface area contributed by atoms with Crippen LogP contribution in [-0.2, 0) is 4.79 Å². The molecule has 0 bridgehead atoms. The Morgan fingerprint density at radius 2 is 1.55 bits per heavy atom. The fraction of sp³-hybridized carbons (Fsp3) is 0.731. The maximum absolute atomic E-state index is 11.5. The Balaban J connectivity index is 1.40. The molecule has 0 amide bonds. The lowest BCUT2D eigenvalue weighted by Gasteiger charge is -2.38. The van der Waals surface area contributed by atoms with Gasteiger partial charge in [0.15, 0.2) is 0 Å². The van der Waals surface area contributed by atoms with E-state index < -0.39 is 0 Å². The molecular formula is C26H40O3. The van der Waals surface area contributed by atoms with Crippen molar-refractivity contribution < 1.29 is 14.6 Å². The lowest BCUT2D eigenvalue weighted by molar-refractivity contribution is -0.135. The highest BCUT2D eigenvalue weighted by molar-refractivity contribution is 5.72. The van der Waals surface area contributed by atoms with Gasteiger partial charge in [-0.3, -0.25) is 4.79 Å². The van der Waals surface area contributed by atoms with Crippen LogP contribution in [0.3, 0.4) is 0 Å². The normalized spacial score (nSPS) is 27.5. The SMILES string of the molecule is CCCCCC1CCC(C2CCC(c3ccc(OC(=O)CCO)cc3)CC2)CC1. The first-order chi connectivity index (χ1) is 14.2. The van der Waals surface area contributed by atoms with Crippen LogP contribution in [-0.4, -0.2) is 17.7 Å². The van der Waals surface area contributed by atoms with Crippen LogP contribution in [0.2, 0.25) is 0 Å². The number of benzene rings is 1. The lowest BCUT2D eigenvalue weighted by atomic mass is 9.68. The molecule has 2 saturated carbocycles. The highest BCUT2D eigenvalue weighted by Gasteiger charge is 2.31. The smallest absolute Gasteiger partial charge is 0.313 e. The van der Waals surface area contributed by atoms with Crippen LogP contribution in [0.15, 0.2) is 24.3 Å². The van der Waals surface area contributed by atoms with Gasteiger partial charge in [0.2, 0.25) is 0 Å². The summed E-state index contributed by atoms with van der Waals surface area (Å²) in [6.45, 7) is 2.14. The number of hydrogen-bond acceptors (Lipinski definition) is 3. The lowest BCUT2D eigenvalue weighted by Crippen LogP contribution is -2.25. The van der Waals surface area contributed by atoms with Crippen LogP contribution in [0.1, 0.15) is 102 Å². The van der Waals surface area contributed by atoms with Crippen molar-refractivity contribution in [2.75, 3.05) is 6.61 Å². The molecule has 0 radical (unpaired) electrons. The fourth-order valence-corrected chi connectivity index (χ4v) is 5.64. The summed E-state index contributed by atoms with van der Waals surface area (Å²) in [6, 6.07) is 8.04. The summed E-state index contributed by atoms with van der Waals surface area (Å²) in [5.74, 6) is 3.80. The van der Waals surface area contributed by atoms with E-state index in [-0.39, 0.29) is 19.0 Å². The molecule has 1 aromatic carbocycles. The molecular weight excluding hydrogens is 360 g/mol. The summed E-state index contributed by atoms with van der Waals surface area (Å²) < 4.78 is 5.23. The molecule has 3 nitrogen and oxygen atoms in total. The van der Waals surface area contributed by atoms with E-state index in [2.05, 4.69) is 19.1 Å². The molecule has 2 aliphatic rings. The molecule has 1 N–H and O–H groups in total. The summed E-state index contributed by atoms with van der Waals surface area (Å²) in [7, 11) is 0. The van der Waals surface area contributed by atoms with Gasteiger partial charge in [-0.1, -0.05) is 57.6 Å². The minimum Gasteiger partial charge on any atom is -0.426 e. The van der Waals surface area contributed by atoms with Gasteiger partial charge in [0.1, 0.15) is 5.75 Å². The van der Waals surface area contributed by atoms with E-state index in [1.807, 2.05) is 12.1 Å². The molecule has 0 aromatic heterocycles. The molecule has 0 saturated heterocycles. The number of aliphatic hydroxyl groups excluding tert-OH is 1. The van der Waals surface area contributed by atoms with Crippen LogP contribution in [0.4, 0.5) is 0 Å². The second kappa shape index (κ2) is 11.7. The van der Waals surface area contributed by atoms with E-state index in [9.17, 15) is 4.79 Å². The van der Waals surface area contributed by atoms with E-state index in [0.717, 1.165) is 17.8 Å². The Labute approximate surface area is 177 Å². The molecule has 3 heteroatoms. The molecule has 0 spiro atoms. The fourth-order valence-electron chi connectivity index (χ4n) is 5.64. The monoisotopic (exact) mass is 400 g/mol. The highest BCUT2D eigenvalue weighted by atomic mass is 16.5. The molecule has 0 unspecified atom stereocenters. The zero-order chi connectivity index (χ0) is 20.5. The van der Waals surface area contributed by atoms with Gasteiger partial charge in [-0.2, -0.15) is 0 Å². The minimum atomic E-state index is -0.374. The Kier molecular flexibility index (Phi) is 9.04. The molecule has 2 aliphatic carbocycles. The van der Waals surface area contributed by atoms with Gasteiger partial charge in [-0.15, -0.1) is 0 Å². The van der Waals surface area contributed by atoms with E-state index >= 15 is 0 Å². The molecule has 0 atom stereocenters. The molecule has 2 fully saturated rings. The van der Waals surface area contributed by atoms with Crippen molar-refractivity contribution in [3.05, 3.63) is 29.8 Å². The highest BCUT2D eigenvalue weighted by Crippen LogP contribution is 2.44. The van der Waals surface area contributed by atoms with Crippen LogP contribution in [0, 0.1) is 17.8 Å². The van der Waals surface area contributed by atoms with Gasteiger partial charge in [-0.25, -0.2) is 0 Å². The van der Waals surface area contributed by atoms with Crippen molar-refractivity contribution in [1.82, 2.24) is 0 Å². The Hall–Kier alpha value is -1.35. The van der Waals surface area contributed by atoms with Crippen LogP contribution in [0.25, 0.3) is 0 Å². The zero-order valence-corrected chi connectivity index (χ0v) is 18.3. The third-order valence-electron chi connectivity index (χ3n) is 7.44. The number of hydrogen-bond donors (Lipinski definition) is 1. The third-order valence-corrected chi connectivity index (χ3v) is 7.44. The van der Waals surface area contributed by atoms with Gasteiger partial charge in [0, 0.05) is 0 Å². The van der Waals surface area contributed by atoms with E-state index in [4.69, 9.17) is 9.84 Å². The van der Waals surface area contributed by atoms with Gasteiger partial charge < -0.3 is 9.84 Å². The first kappa shape index (κ1) is 22.3. The van der Waals surface area contributed by atoms with Crippen molar-refractivity contribution in [3.8, 4) is 5.75 Å². The standard InChI is InChI=1S/C26H40O3/c1-2-3-4-5-20-6-8-21(9-7-20)22-10-12-23(13-11-22)24-14-16-25(17-15-24)29-26(28)18-19-27/h14-17,20-23,27H,2-13,18-19H2,1H3. The zero-order valence-electron chi connectivity index (χ0n) is 18.3. The molecule has 3 rings (SSSR count). The van der Waals surface area contributed by atoms with Gasteiger partial charge in [0.05, 0.1) is 13.0 Å². The van der Waals surface area contributed by atoms with E-state index in [0.29, 0.717) is 11.7 Å². The van der Waals surface area contributed by atoms with Crippen molar-refractivity contribution >= 4 is 5.97 Å². The summed E-state index contributed by atoms with van der Waals surface area (Å²) in [6.07, 6.45) is 17.0. The van der Waals surface area contributed by atoms with Crippen LogP contribution >= 0.6 is 0 Å².